The van der Waals surface area contributed by atoms with Crippen LogP contribution in [0.2, 0.25) is 10.0 Å². The smallest absolute Gasteiger partial charge is 0.241 e. The number of hydrogen-bond donors (Lipinski definition) is 1. The standard InChI is InChI=1S/C12H14Cl2N2O/c1-16(9-3-4-9)12(17)7-15-11-6-8(13)2-5-10(11)14/h2,5-6,9,15H,3-4,7H2,1H3. The van der Waals surface area contributed by atoms with E-state index < -0.39 is 0 Å². The number of halogens is 2. The predicted octanol–water partition coefficient (Wildman–Crippen LogP) is 3.03. The summed E-state index contributed by atoms with van der Waals surface area (Å²) >= 11 is 11.8. The van der Waals surface area contributed by atoms with Crippen LogP contribution in [0.3, 0.4) is 0 Å². The molecular weight excluding hydrogens is 259 g/mol. The highest BCUT2D eigenvalue weighted by molar-refractivity contribution is 6.35. The molecule has 3 nitrogen and oxygen atoms in total. The van der Waals surface area contributed by atoms with E-state index in [0.717, 1.165) is 12.8 Å². The van der Waals surface area contributed by atoms with Gasteiger partial charge in [-0.3, -0.25) is 4.79 Å². The third kappa shape index (κ3) is 3.27. The molecule has 1 amide bonds. The molecule has 1 aliphatic carbocycles. The molecule has 17 heavy (non-hydrogen) atoms. The highest BCUT2D eigenvalue weighted by atomic mass is 35.5. The van der Waals surface area contributed by atoms with Crippen molar-refractivity contribution in [2.75, 3.05) is 18.9 Å². The van der Waals surface area contributed by atoms with Crippen LogP contribution in [0, 0.1) is 0 Å². The van der Waals surface area contributed by atoms with Gasteiger partial charge in [-0.2, -0.15) is 0 Å². The molecule has 0 unspecified atom stereocenters. The third-order valence-corrected chi connectivity index (χ3v) is 3.41. The van der Waals surface area contributed by atoms with Crippen LogP contribution in [-0.2, 0) is 4.79 Å². The van der Waals surface area contributed by atoms with Crippen molar-refractivity contribution in [1.82, 2.24) is 4.90 Å². The zero-order valence-corrected chi connectivity index (χ0v) is 11.1. The largest absolute Gasteiger partial charge is 0.375 e. The van der Waals surface area contributed by atoms with Crippen molar-refractivity contribution in [2.45, 2.75) is 18.9 Å². The second-order valence-electron chi connectivity index (χ2n) is 4.21. The number of anilines is 1. The maximum absolute atomic E-state index is 11.8. The summed E-state index contributed by atoms with van der Waals surface area (Å²) in [6.45, 7) is 0.243. The van der Waals surface area contributed by atoms with Crippen molar-refractivity contribution in [3.05, 3.63) is 28.2 Å². The van der Waals surface area contributed by atoms with Crippen LogP contribution in [0.15, 0.2) is 18.2 Å². The van der Waals surface area contributed by atoms with Gasteiger partial charge in [-0.1, -0.05) is 23.2 Å². The average Bonchev–Trinajstić information content (AvgIpc) is 3.13. The minimum Gasteiger partial charge on any atom is -0.375 e. The molecule has 1 aliphatic rings. The third-order valence-electron chi connectivity index (χ3n) is 2.85. The van der Waals surface area contributed by atoms with Gasteiger partial charge in [-0.05, 0) is 31.0 Å². The van der Waals surface area contributed by atoms with E-state index in [2.05, 4.69) is 5.32 Å². The number of carbonyl (C=O) groups excluding carboxylic acids is 1. The lowest BCUT2D eigenvalue weighted by Gasteiger charge is -2.17. The van der Waals surface area contributed by atoms with Gasteiger partial charge in [0.25, 0.3) is 0 Å². The molecule has 0 saturated heterocycles. The first-order valence-electron chi connectivity index (χ1n) is 5.52. The van der Waals surface area contributed by atoms with Crippen molar-refractivity contribution in [1.29, 1.82) is 0 Å². The Hall–Kier alpha value is -0.930. The van der Waals surface area contributed by atoms with Crippen LogP contribution in [0.25, 0.3) is 0 Å². The molecule has 5 heteroatoms. The first-order valence-corrected chi connectivity index (χ1v) is 6.28. The van der Waals surface area contributed by atoms with Gasteiger partial charge in [0, 0.05) is 18.1 Å². The number of nitrogens with one attached hydrogen (secondary N) is 1. The number of benzene rings is 1. The summed E-state index contributed by atoms with van der Waals surface area (Å²) in [6, 6.07) is 5.57. The second kappa shape index (κ2) is 5.15. The van der Waals surface area contributed by atoms with Gasteiger partial charge in [-0.15, -0.1) is 0 Å². The second-order valence-corrected chi connectivity index (χ2v) is 5.06. The molecule has 1 N–H and O–H groups in total. The van der Waals surface area contributed by atoms with Crippen LogP contribution in [0.1, 0.15) is 12.8 Å². The Labute approximate surface area is 111 Å². The first-order chi connectivity index (χ1) is 8.08. The zero-order valence-electron chi connectivity index (χ0n) is 9.54. The van der Waals surface area contributed by atoms with E-state index in [1.807, 2.05) is 7.05 Å². The summed E-state index contributed by atoms with van der Waals surface area (Å²) in [4.78, 5) is 13.6. The van der Waals surface area contributed by atoms with Crippen molar-refractivity contribution in [3.8, 4) is 0 Å². The normalized spacial score (nSPS) is 14.5. The van der Waals surface area contributed by atoms with Crippen LogP contribution in [-0.4, -0.2) is 30.4 Å². The number of rotatable bonds is 4. The molecule has 1 saturated carbocycles. The number of carbonyl (C=O) groups is 1. The highest BCUT2D eigenvalue weighted by Gasteiger charge is 2.29. The van der Waals surface area contributed by atoms with Gasteiger partial charge in [0.05, 0.1) is 17.3 Å². The fraction of sp³-hybridized carbons (Fsp3) is 0.417. The maximum atomic E-state index is 11.8. The molecule has 1 fully saturated rings. The Kier molecular flexibility index (Phi) is 3.79. The Balaban J connectivity index is 1.92. The van der Waals surface area contributed by atoms with E-state index >= 15 is 0 Å². The minimum atomic E-state index is 0.0727. The summed E-state index contributed by atoms with van der Waals surface area (Å²) in [5.41, 5.74) is 0.691. The van der Waals surface area contributed by atoms with Crippen molar-refractivity contribution < 1.29 is 4.79 Å². The Morgan fingerprint density at radius 3 is 2.82 bits per heavy atom. The quantitative estimate of drug-likeness (QED) is 0.914. The van der Waals surface area contributed by atoms with Crippen LogP contribution >= 0.6 is 23.2 Å². The summed E-state index contributed by atoms with van der Waals surface area (Å²) < 4.78 is 0. The average molecular weight is 273 g/mol. The highest BCUT2D eigenvalue weighted by Crippen LogP contribution is 2.27. The van der Waals surface area contributed by atoms with Gasteiger partial charge >= 0.3 is 0 Å². The molecule has 0 spiro atoms. The maximum Gasteiger partial charge on any atom is 0.241 e. The number of likely N-dealkylation sites (N-methyl/N-ethyl adjacent to an activating group) is 1. The van der Waals surface area contributed by atoms with Crippen LogP contribution in [0.5, 0.6) is 0 Å². The molecule has 92 valence electrons. The Morgan fingerprint density at radius 1 is 1.47 bits per heavy atom. The predicted molar refractivity (Wildman–Crippen MR) is 70.7 cm³/mol. The number of amides is 1. The fourth-order valence-corrected chi connectivity index (χ4v) is 1.95. The zero-order chi connectivity index (χ0) is 12.4. The fourth-order valence-electron chi connectivity index (χ4n) is 1.59. The summed E-state index contributed by atoms with van der Waals surface area (Å²) in [7, 11) is 1.83. The lowest BCUT2D eigenvalue weighted by atomic mass is 10.3. The van der Waals surface area contributed by atoms with Crippen LogP contribution in [0.4, 0.5) is 5.69 Å². The Morgan fingerprint density at radius 2 is 2.18 bits per heavy atom. The van der Waals surface area contributed by atoms with Crippen LogP contribution < -0.4 is 5.32 Å². The summed E-state index contributed by atoms with van der Waals surface area (Å²) in [6.07, 6.45) is 2.22. The summed E-state index contributed by atoms with van der Waals surface area (Å²) in [5.74, 6) is 0.0727. The van der Waals surface area contributed by atoms with Gasteiger partial charge in [0.1, 0.15) is 0 Å². The summed E-state index contributed by atoms with van der Waals surface area (Å²) in [5, 5.41) is 4.17. The van der Waals surface area contributed by atoms with Crippen molar-refractivity contribution >= 4 is 34.8 Å². The minimum absolute atomic E-state index is 0.0727. The van der Waals surface area contributed by atoms with Crippen molar-refractivity contribution in [2.24, 2.45) is 0 Å². The molecule has 2 rings (SSSR count). The molecule has 0 atom stereocenters. The van der Waals surface area contributed by atoms with E-state index in [1.165, 1.54) is 0 Å². The number of hydrogen-bond acceptors (Lipinski definition) is 2. The molecule has 0 bridgehead atoms. The molecule has 0 aromatic heterocycles. The number of nitrogens with zero attached hydrogens (tertiary/aromatic N) is 1. The molecule has 0 heterocycles. The van der Waals surface area contributed by atoms with Gasteiger partial charge < -0.3 is 10.2 Å². The lowest BCUT2D eigenvalue weighted by Crippen LogP contribution is -2.33. The van der Waals surface area contributed by atoms with E-state index in [1.54, 1.807) is 23.1 Å². The Bertz CT molecular complexity index is 433. The molecule has 1 aromatic rings. The molecule has 0 radical (unpaired) electrons. The molecule has 0 aliphatic heterocycles. The molecule has 1 aromatic carbocycles. The van der Waals surface area contributed by atoms with E-state index in [4.69, 9.17) is 23.2 Å². The van der Waals surface area contributed by atoms with E-state index in [-0.39, 0.29) is 12.5 Å². The van der Waals surface area contributed by atoms with Gasteiger partial charge in [0.15, 0.2) is 0 Å². The van der Waals surface area contributed by atoms with E-state index in [9.17, 15) is 4.79 Å². The monoisotopic (exact) mass is 272 g/mol. The SMILES string of the molecule is CN(C(=O)CNc1cc(Cl)ccc1Cl)C1CC1. The lowest BCUT2D eigenvalue weighted by molar-refractivity contribution is -0.128. The van der Waals surface area contributed by atoms with Gasteiger partial charge in [-0.25, -0.2) is 0 Å². The topological polar surface area (TPSA) is 32.3 Å². The molecular formula is C12H14Cl2N2O. The van der Waals surface area contributed by atoms with Gasteiger partial charge in [0.2, 0.25) is 5.91 Å². The van der Waals surface area contributed by atoms with Crippen molar-refractivity contribution in [3.63, 3.8) is 0 Å². The first kappa shape index (κ1) is 12.5. The van der Waals surface area contributed by atoms with E-state index in [0.29, 0.717) is 21.8 Å².